The van der Waals surface area contributed by atoms with E-state index in [0.717, 1.165) is 0 Å². The lowest BCUT2D eigenvalue weighted by molar-refractivity contribution is 0.0761. The van der Waals surface area contributed by atoms with Gasteiger partial charge in [-0.15, -0.1) is 0 Å². The Morgan fingerprint density at radius 1 is 1.83 bits per heavy atom. The number of amides is 1. The maximum atomic E-state index is 11.3. The monoisotopic (exact) mass is 169 g/mol. The van der Waals surface area contributed by atoms with Gasteiger partial charge >= 0.3 is 0 Å². The molecule has 1 aromatic rings. The SMILES string of the molecule is CN(CCO)C(=O)c1ccn[nH]1. The molecule has 0 radical (unpaired) electrons. The fourth-order valence-corrected chi connectivity index (χ4v) is 0.832. The number of aliphatic hydroxyl groups is 1. The summed E-state index contributed by atoms with van der Waals surface area (Å²) in [4.78, 5) is 12.8. The van der Waals surface area contributed by atoms with Crippen molar-refractivity contribution in [3.05, 3.63) is 18.0 Å². The Balaban J connectivity index is 2.59. The summed E-state index contributed by atoms with van der Waals surface area (Å²) in [6.45, 7) is 0.300. The van der Waals surface area contributed by atoms with E-state index < -0.39 is 0 Å². The van der Waals surface area contributed by atoms with Crippen molar-refractivity contribution >= 4 is 5.91 Å². The lowest BCUT2D eigenvalue weighted by Crippen LogP contribution is -2.29. The molecule has 12 heavy (non-hydrogen) atoms. The van der Waals surface area contributed by atoms with Crippen LogP contribution in [-0.2, 0) is 0 Å². The average Bonchev–Trinajstić information content (AvgIpc) is 2.55. The Morgan fingerprint density at radius 2 is 2.58 bits per heavy atom. The van der Waals surface area contributed by atoms with Crippen LogP contribution in [0.4, 0.5) is 0 Å². The van der Waals surface area contributed by atoms with Gasteiger partial charge in [0.2, 0.25) is 0 Å². The third-order valence-electron chi connectivity index (χ3n) is 1.51. The molecule has 5 nitrogen and oxygen atoms in total. The molecule has 0 bridgehead atoms. The zero-order valence-corrected chi connectivity index (χ0v) is 6.82. The zero-order chi connectivity index (χ0) is 8.97. The molecule has 0 aliphatic heterocycles. The van der Waals surface area contributed by atoms with Gasteiger partial charge in [-0.2, -0.15) is 5.10 Å². The number of hydrogen-bond donors (Lipinski definition) is 2. The maximum Gasteiger partial charge on any atom is 0.271 e. The quantitative estimate of drug-likeness (QED) is 0.639. The van der Waals surface area contributed by atoms with Gasteiger partial charge < -0.3 is 10.0 Å². The molecule has 0 spiro atoms. The summed E-state index contributed by atoms with van der Waals surface area (Å²) in [7, 11) is 1.62. The first kappa shape index (κ1) is 8.73. The van der Waals surface area contributed by atoms with Crippen LogP contribution >= 0.6 is 0 Å². The van der Waals surface area contributed by atoms with E-state index in [1.165, 1.54) is 11.1 Å². The molecule has 0 aliphatic rings. The first-order valence-corrected chi connectivity index (χ1v) is 3.61. The van der Waals surface area contributed by atoms with Crippen LogP contribution in [0, 0.1) is 0 Å². The van der Waals surface area contributed by atoms with Gasteiger partial charge in [0, 0.05) is 19.8 Å². The third-order valence-corrected chi connectivity index (χ3v) is 1.51. The van der Waals surface area contributed by atoms with E-state index in [4.69, 9.17) is 5.11 Å². The summed E-state index contributed by atoms with van der Waals surface area (Å²) in [6.07, 6.45) is 1.51. The predicted molar refractivity (Wildman–Crippen MR) is 42.6 cm³/mol. The van der Waals surface area contributed by atoms with Crippen LogP contribution in [-0.4, -0.2) is 46.3 Å². The van der Waals surface area contributed by atoms with Crippen LogP contribution < -0.4 is 0 Å². The van der Waals surface area contributed by atoms with Gasteiger partial charge in [0.1, 0.15) is 5.69 Å². The van der Waals surface area contributed by atoms with Crippen LogP contribution in [0.1, 0.15) is 10.5 Å². The minimum Gasteiger partial charge on any atom is -0.395 e. The molecule has 5 heteroatoms. The number of rotatable bonds is 3. The summed E-state index contributed by atoms with van der Waals surface area (Å²) in [5.41, 5.74) is 0.436. The van der Waals surface area contributed by atoms with Gasteiger partial charge in [0.15, 0.2) is 0 Å². The molecule has 66 valence electrons. The van der Waals surface area contributed by atoms with Gasteiger partial charge in [-0.05, 0) is 6.07 Å². The van der Waals surface area contributed by atoms with Gasteiger partial charge in [-0.1, -0.05) is 0 Å². The molecule has 0 fully saturated rings. The van der Waals surface area contributed by atoms with Crippen LogP contribution in [0.2, 0.25) is 0 Å². The molecule has 0 aliphatic carbocycles. The molecule has 1 amide bonds. The lowest BCUT2D eigenvalue weighted by atomic mass is 10.4. The topological polar surface area (TPSA) is 69.2 Å². The van der Waals surface area contributed by atoms with Crippen LogP contribution in [0.5, 0.6) is 0 Å². The molecule has 1 aromatic heterocycles. The number of carbonyl (C=O) groups excluding carboxylic acids is 1. The van der Waals surface area contributed by atoms with Crippen molar-refractivity contribution in [3.8, 4) is 0 Å². The summed E-state index contributed by atoms with van der Waals surface area (Å²) in [5, 5.41) is 14.8. The Bertz CT molecular complexity index is 245. The second-order valence-corrected chi connectivity index (χ2v) is 2.42. The zero-order valence-electron chi connectivity index (χ0n) is 6.82. The highest BCUT2D eigenvalue weighted by atomic mass is 16.3. The summed E-state index contributed by atoms with van der Waals surface area (Å²) < 4.78 is 0. The first-order chi connectivity index (χ1) is 5.75. The summed E-state index contributed by atoms with van der Waals surface area (Å²) >= 11 is 0. The number of hydrogen-bond acceptors (Lipinski definition) is 3. The van der Waals surface area contributed by atoms with E-state index in [1.54, 1.807) is 13.1 Å². The third kappa shape index (κ3) is 1.82. The van der Waals surface area contributed by atoms with Gasteiger partial charge in [0.25, 0.3) is 5.91 Å². The maximum absolute atomic E-state index is 11.3. The molecule has 0 aromatic carbocycles. The second kappa shape index (κ2) is 3.87. The Morgan fingerprint density at radius 3 is 3.08 bits per heavy atom. The Labute approximate surface area is 70.0 Å². The van der Waals surface area contributed by atoms with Crippen LogP contribution in [0.15, 0.2) is 12.3 Å². The van der Waals surface area contributed by atoms with Crippen molar-refractivity contribution in [2.45, 2.75) is 0 Å². The van der Waals surface area contributed by atoms with Crippen LogP contribution in [0.25, 0.3) is 0 Å². The predicted octanol–water partition coefficient (Wildman–Crippen LogP) is -0.526. The van der Waals surface area contributed by atoms with Crippen molar-refractivity contribution < 1.29 is 9.90 Å². The number of nitrogens with zero attached hydrogens (tertiary/aromatic N) is 2. The van der Waals surface area contributed by atoms with E-state index in [2.05, 4.69) is 10.2 Å². The molecule has 0 atom stereocenters. The highest BCUT2D eigenvalue weighted by Crippen LogP contribution is 1.96. The van der Waals surface area contributed by atoms with E-state index in [9.17, 15) is 4.79 Å². The number of nitrogens with one attached hydrogen (secondary N) is 1. The number of aromatic nitrogens is 2. The number of carbonyl (C=O) groups is 1. The van der Waals surface area contributed by atoms with E-state index >= 15 is 0 Å². The van der Waals surface area contributed by atoms with Crippen molar-refractivity contribution in [3.63, 3.8) is 0 Å². The molecule has 0 saturated heterocycles. The number of likely N-dealkylation sites (N-methyl/N-ethyl adjacent to an activating group) is 1. The molecule has 0 unspecified atom stereocenters. The summed E-state index contributed by atoms with van der Waals surface area (Å²) in [6, 6.07) is 1.59. The molecule has 2 N–H and O–H groups in total. The fourth-order valence-electron chi connectivity index (χ4n) is 0.832. The highest BCUT2D eigenvalue weighted by Gasteiger charge is 2.11. The number of aliphatic hydroxyl groups excluding tert-OH is 1. The van der Waals surface area contributed by atoms with E-state index in [0.29, 0.717) is 12.2 Å². The normalized spacial score (nSPS) is 9.83. The van der Waals surface area contributed by atoms with Crippen molar-refractivity contribution in [2.24, 2.45) is 0 Å². The van der Waals surface area contributed by atoms with Crippen molar-refractivity contribution in [1.29, 1.82) is 0 Å². The number of H-pyrrole nitrogens is 1. The molecule has 1 rings (SSSR count). The van der Waals surface area contributed by atoms with Gasteiger partial charge in [0.05, 0.1) is 6.61 Å². The standard InChI is InChI=1S/C7H11N3O2/c1-10(4-5-11)7(12)6-2-3-8-9-6/h2-3,11H,4-5H2,1H3,(H,8,9). The Kier molecular flexibility index (Phi) is 2.82. The van der Waals surface area contributed by atoms with Gasteiger partial charge in [-0.25, -0.2) is 0 Å². The Hall–Kier alpha value is -1.36. The second-order valence-electron chi connectivity index (χ2n) is 2.42. The largest absolute Gasteiger partial charge is 0.395 e. The van der Waals surface area contributed by atoms with Gasteiger partial charge in [-0.3, -0.25) is 9.89 Å². The fraction of sp³-hybridized carbons (Fsp3) is 0.429. The number of aromatic amines is 1. The molecule has 1 heterocycles. The lowest BCUT2D eigenvalue weighted by Gasteiger charge is -2.13. The van der Waals surface area contributed by atoms with Crippen molar-refractivity contribution in [1.82, 2.24) is 15.1 Å². The average molecular weight is 169 g/mol. The first-order valence-electron chi connectivity index (χ1n) is 3.61. The summed E-state index contributed by atoms with van der Waals surface area (Å²) in [5.74, 6) is -0.165. The molecular formula is C7H11N3O2. The van der Waals surface area contributed by atoms with Crippen molar-refractivity contribution in [2.75, 3.05) is 20.2 Å². The minimum absolute atomic E-state index is 0.0314. The smallest absolute Gasteiger partial charge is 0.271 e. The van der Waals surface area contributed by atoms with Crippen LogP contribution in [0.3, 0.4) is 0 Å². The van der Waals surface area contributed by atoms with E-state index in [-0.39, 0.29) is 12.5 Å². The molecule has 0 saturated carbocycles. The minimum atomic E-state index is -0.165. The van der Waals surface area contributed by atoms with E-state index in [1.807, 2.05) is 0 Å². The highest BCUT2D eigenvalue weighted by molar-refractivity contribution is 5.91. The molecular weight excluding hydrogens is 158 g/mol.